The first kappa shape index (κ1) is 21.5. The van der Waals surface area contributed by atoms with Gasteiger partial charge in [-0.05, 0) is 54.6 Å². The SMILES string of the molecule is COc1ccc(-c2csc(NC(=O)CCCSc3ccc(Cl)cc3)n2)cc1OC. The number of benzene rings is 2. The van der Waals surface area contributed by atoms with Gasteiger partial charge in [0, 0.05) is 27.3 Å². The van der Waals surface area contributed by atoms with E-state index in [1.54, 1.807) is 26.0 Å². The largest absolute Gasteiger partial charge is 0.493 e. The molecule has 1 amide bonds. The minimum absolute atomic E-state index is 0.0325. The van der Waals surface area contributed by atoms with Gasteiger partial charge >= 0.3 is 0 Å². The average Bonchev–Trinajstić information content (AvgIpc) is 3.20. The highest BCUT2D eigenvalue weighted by atomic mass is 35.5. The van der Waals surface area contributed by atoms with Gasteiger partial charge < -0.3 is 14.8 Å². The van der Waals surface area contributed by atoms with Crippen molar-refractivity contribution in [1.82, 2.24) is 4.98 Å². The summed E-state index contributed by atoms with van der Waals surface area (Å²) in [6, 6.07) is 13.3. The lowest BCUT2D eigenvalue weighted by molar-refractivity contribution is -0.116. The number of aromatic nitrogens is 1. The Morgan fingerprint density at radius 3 is 2.62 bits per heavy atom. The Balaban J connectivity index is 1.49. The second-order valence-electron chi connectivity index (χ2n) is 6.06. The number of carbonyl (C=O) groups excluding carboxylic acids is 1. The third-order valence-corrected chi connectivity index (χ3v) is 6.17. The highest BCUT2D eigenvalue weighted by Gasteiger charge is 2.11. The van der Waals surface area contributed by atoms with Gasteiger partial charge in [0.15, 0.2) is 16.6 Å². The molecule has 29 heavy (non-hydrogen) atoms. The van der Waals surface area contributed by atoms with Crippen molar-refractivity contribution in [1.29, 1.82) is 0 Å². The van der Waals surface area contributed by atoms with Crippen LogP contribution in [0.4, 0.5) is 5.13 Å². The van der Waals surface area contributed by atoms with E-state index in [0.29, 0.717) is 23.1 Å². The summed E-state index contributed by atoms with van der Waals surface area (Å²) in [6.45, 7) is 0. The zero-order valence-electron chi connectivity index (χ0n) is 16.1. The molecule has 5 nitrogen and oxygen atoms in total. The van der Waals surface area contributed by atoms with Crippen LogP contribution in [0.25, 0.3) is 11.3 Å². The van der Waals surface area contributed by atoms with E-state index in [1.807, 2.05) is 47.8 Å². The topological polar surface area (TPSA) is 60.5 Å². The van der Waals surface area contributed by atoms with Crippen molar-refractivity contribution >= 4 is 45.7 Å². The second-order valence-corrected chi connectivity index (χ2v) is 8.52. The Labute approximate surface area is 183 Å². The number of anilines is 1. The van der Waals surface area contributed by atoms with Crippen molar-refractivity contribution < 1.29 is 14.3 Å². The van der Waals surface area contributed by atoms with Crippen molar-refractivity contribution in [3.05, 3.63) is 52.9 Å². The number of carbonyl (C=O) groups is 1. The molecule has 0 aliphatic heterocycles. The van der Waals surface area contributed by atoms with Crippen molar-refractivity contribution in [2.75, 3.05) is 25.3 Å². The normalized spacial score (nSPS) is 10.6. The van der Waals surface area contributed by atoms with Crippen molar-refractivity contribution in [2.24, 2.45) is 0 Å². The zero-order valence-corrected chi connectivity index (χ0v) is 18.5. The fraction of sp³-hybridized carbons (Fsp3) is 0.238. The van der Waals surface area contributed by atoms with Crippen LogP contribution in [-0.2, 0) is 4.79 Å². The quantitative estimate of drug-likeness (QED) is 0.321. The molecule has 0 spiro atoms. The molecule has 0 aliphatic rings. The van der Waals surface area contributed by atoms with Crippen LogP contribution in [0.3, 0.4) is 0 Å². The van der Waals surface area contributed by atoms with Crippen LogP contribution in [0, 0.1) is 0 Å². The molecule has 0 bridgehead atoms. The third-order valence-electron chi connectivity index (χ3n) is 4.06. The van der Waals surface area contributed by atoms with Gasteiger partial charge in [-0.15, -0.1) is 23.1 Å². The molecule has 0 radical (unpaired) electrons. The summed E-state index contributed by atoms with van der Waals surface area (Å²) >= 11 is 8.99. The smallest absolute Gasteiger partial charge is 0.226 e. The molecule has 1 heterocycles. The van der Waals surface area contributed by atoms with Gasteiger partial charge in [0.05, 0.1) is 19.9 Å². The molecule has 8 heteroatoms. The van der Waals surface area contributed by atoms with Gasteiger partial charge in [-0.1, -0.05) is 11.6 Å². The summed E-state index contributed by atoms with van der Waals surface area (Å²) in [7, 11) is 3.20. The first-order chi connectivity index (χ1) is 14.1. The Morgan fingerprint density at radius 1 is 1.14 bits per heavy atom. The van der Waals surface area contributed by atoms with Crippen molar-refractivity contribution in [2.45, 2.75) is 17.7 Å². The predicted molar refractivity (Wildman–Crippen MR) is 121 cm³/mol. The molecule has 0 atom stereocenters. The van der Waals surface area contributed by atoms with Crippen molar-refractivity contribution in [3.8, 4) is 22.8 Å². The van der Waals surface area contributed by atoms with E-state index in [9.17, 15) is 4.79 Å². The number of ether oxygens (including phenoxy) is 2. The lowest BCUT2D eigenvalue weighted by Crippen LogP contribution is -2.11. The van der Waals surface area contributed by atoms with Crippen LogP contribution >= 0.6 is 34.7 Å². The number of thiazole rings is 1. The van der Waals surface area contributed by atoms with E-state index in [1.165, 1.54) is 11.3 Å². The number of hydrogen-bond donors (Lipinski definition) is 1. The summed E-state index contributed by atoms with van der Waals surface area (Å²) < 4.78 is 10.6. The standard InChI is InChI=1S/C21H21ClN2O3S2/c1-26-18-10-5-14(12-19(18)27-2)17-13-29-21(23-17)24-20(25)4-3-11-28-16-8-6-15(22)7-9-16/h5-10,12-13H,3-4,11H2,1-2H3,(H,23,24,25). The lowest BCUT2D eigenvalue weighted by atomic mass is 10.1. The molecule has 0 fully saturated rings. The Hall–Kier alpha value is -2.22. The maximum Gasteiger partial charge on any atom is 0.226 e. The van der Waals surface area contributed by atoms with Gasteiger partial charge in [-0.3, -0.25) is 4.79 Å². The third kappa shape index (κ3) is 6.13. The minimum atomic E-state index is -0.0325. The van der Waals surface area contributed by atoms with Gasteiger partial charge in [-0.25, -0.2) is 4.98 Å². The van der Waals surface area contributed by atoms with E-state index >= 15 is 0 Å². The summed E-state index contributed by atoms with van der Waals surface area (Å²) in [4.78, 5) is 17.8. The van der Waals surface area contributed by atoms with Crippen LogP contribution in [0.1, 0.15) is 12.8 Å². The number of nitrogens with zero attached hydrogens (tertiary/aromatic N) is 1. The molecule has 0 saturated heterocycles. The summed E-state index contributed by atoms with van der Waals surface area (Å²) in [5.74, 6) is 2.14. The fourth-order valence-electron chi connectivity index (χ4n) is 2.59. The molecule has 3 aromatic rings. The molecule has 3 rings (SSSR count). The van der Waals surface area contributed by atoms with Gasteiger partial charge in [0.25, 0.3) is 0 Å². The lowest BCUT2D eigenvalue weighted by Gasteiger charge is -2.08. The number of nitrogens with one attached hydrogen (secondary N) is 1. The highest BCUT2D eigenvalue weighted by Crippen LogP contribution is 2.33. The Morgan fingerprint density at radius 2 is 1.90 bits per heavy atom. The maximum atomic E-state index is 12.2. The van der Waals surface area contributed by atoms with Crippen LogP contribution in [0.2, 0.25) is 5.02 Å². The molecular formula is C21H21ClN2O3S2. The van der Waals surface area contributed by atoms with E-state index in [-0.39, 0.29) is 5.91 Å². The second kappa shape index (κ2) is 10.5. The zero-order chi connectivity index (χ0) is 20.6. The monoisotopic (exact) mass is 448 g/mol. The average molecular weight is 449 g/mol. The predicted octanol–water partition coefficient (Wildman–Crippen LogP) is 5.99. The molecule has 1 aromatic heterocycles. The number of hydrogen-bond acceptors (Lipinski definition) is 6. The van der Waals surface area contributed by atoms with E-state index < -0.39 is 0 Å². The summed E-state index contributed by atoms with van der Waals surface area (Å²) in [6.07, 6.45) is 1.24. The van der Waals surface area contributed by atoms with Crippen LogP contribution in [0.15, 0.2) is 52.7 Å². The van der Waals surface area contributed by atoms with Gasteiger partial charge in [0.2, 0.25) is 5.91 Å². The first-order valence-electron chi connectivity index (χ1n) is 8.95. The number of amides is 1. The molecule has 0 saturated carbocycles. The molecule has 2 aromatic carbocycles. The molecule has 1 N–H and O–H groups in total. The molecular weight excluding hydrogens is 428 g/mol. The van der Waals surface area contributed by atoms with E-state index in [2.05, 4.69) is 10.3 Å². The number of rotatable bonds is 9. The number of methoxy groups -OCH3 is 2. The summed E-state index contributed by atoms with van der Waals surface area (Å²) in [5.41, 5.74) is 1.68. The Kier molecular flexibility index (Phi) is 7.80. The fourth-order valence-corrected chi connectivity index (χ4v) is 4.31. The Bertz CT molecular complexity index is 961. The van der Waals surface area contributed by atoms with E-state index in [4.69, 9.17) is 21.1 Å². The molecule has 152 valence electrons. The number of thioether (sulfide) groups is 1. The van der Waals surface area contributed by atoms with Crippen LogP contribution in [-0.4, -0.2) is 30.9 Å². The minimum Gasteiger partial charge on any atom is -0.493 e. The maximum absolute atomic E-state index is 12.2. The number of halogens is 1. The van der Waals surface area contributed by atoms with Crippen molar-refractivity contribution in [3.63, 3.8) is 0 Å². The van der Waals surface area contributed by atoms with Gasteiger partial charge in [0.1, 0.15) is 0 Å². The van der Waals surface area contributed by atoms with Crippen LogP contribution in [0.5, 0.6) is 11.5 Å². The first-order valence-corrected chi connectivity index (χ1v) is 11.2. The summed E-state index contributed by atoms with van der Waals surface area (Å²) in [5, 5.41) is 6.10. The van der Waals surface area contributed by atoms with Gasteiger partial charge in [-0.2, -0.15) is 0 Å². The molecule has 0 aliphatic carbocycles. The highest BCUT2D eigenvalue weighted by molar-refractivity contribution is 7.99. The van der Waals surface area contributed by atoms with Crippen LogP contribution < -0.4 is 14.8 Å². The van der Waals surface area contributed by atoms with E-state index in [0.717, 1.165) is 33.3 Å². The molecule has 0 unspecified atom stereocenters.